The predicted molar refractivity (Wildman–Crippen MR) is 89.0 cm³/mol. The molecule has 1 aromatic heterocycles. The number of anilines is 1. The minimum Gasteiger partial charge on any atom is -0.494 e. The molecule has 1 atom stereocenters. The first-order chi connectivity index (χ1) is 12.1. The third-order valence-corrected chi connectivity index (χ3v) is 4.18. The van der Waals surface area contributed by atoms with Gasteiger partial charge in [0, 0.05) is 6.92 Å². The summed E-state index contributed by atoms with van der Waals surface area (Å²) in [7, 11) is 0.791. The highest BCUT2D eigenvalue weighted by Gasteiger charge is 2.63. The fraction of sp³-hybridized carbons (Fsp3) is 0.400. The van der Waals surface area contributed by atoms with Crippen LogP contribution >= 0.6 is 11.3 Å². The highest BCUT2D eigenvalue weighted by molar-refractivity contribution is 7.22. The van der Waals surface area contributed by atoms with Gasteiger partial charge in [-0.2, -0.15) is 13.2 Å². The van der Waals surface area contributed by atoms with Crippen molar-refractivity contribution in [3.05, 3.63) is 18.2 Å². The van der Waals surface area contributed by atoms with Gasteiger partial charge in [-0.15, -0.1) is 0 Å². The van der Waals surface area contributed by atoms with E-state index in [0.717, 1.165) is 25.4 Å². The molecule has 2 rings (SSSR count). The Kier molecular flexibility index (Phi) is 5.59. The molecule has 2 aromatic rings. The number of amides is 1. The lowest BCUT2D eigenvalue weighted by Crippen LogP contribution is -2.69. The average molecular weight is 391 g/mol. The van der Waals surface area contributed by atoms with Crippen LogP contribution in [0.4, 0.5) is 18.3 Å². The summed E-state index contributed by atoms with van der Waals surface area (Å²) in [5.74, 6) is -2.25. The number of alkyl halides is 3. The number of methoxy groups -OCH3 is 1. The van der Waals surface area contributed by atoms with Crippen molar-refractivity contribution in [2.45, 2.75) is 25.7 Å². The maximum absolute atomic E-state index is 13.7. The van der Waals surface area contributed by atoms with E-state index in [1.807, 2.05) is 5.32 Å². The first-order valence-electron chi connectivity index (χ1n) is 7.38. The lowest BCUT2D eigenvalue weighted by molar-refractivity contribution is -0.206. The number of nitrogens with one attached hydrogen (secondary N) is 2. The number of benzene rings is 1. The molecule has 0 fully saturated rings. The van der Waals surface area contributed by atoms with E-state index >= 15 is 0 Å². The number of carbonyl (C=O) groups is 2. The number of ether oxygens (including phenoxy) is 2. The first kappa shape index (κ1) is 19.8. The zero-order valence-electron chi connectivity index (χ0n) is 14.1. The summed E-state index contributed by atoms with van der Waals surface area (Å²) in [6.07, 6.45) is -5.18. The van der Waals surface area contributed by atoms with Crippen molar-refractivity contribution in [1.82, 2.24) is 10.3 Å². The van der Waals surface area contributed by atoms with Crippen LogP contribution in [0, 0.1) is 0 Å². The van der Waals surface area contributed by atoms with Crippen LogP contribution in [0.3, 0.4) is 0 Å². The van der Waals surface area contributed by atoms with Gasteiger partial charge < -0.3 is 20.1 Å². The highest BCUT2D eigenvalue weighted by atomic mass is 32.1. The molecule has 1 amide bonds. The summed E-state index contributed by atoms with van der Waals surface area (Å²) in [5.41, 5.74) is -3.05. The van der Waals surface area contributed by atoms with Crippen LogP contribution in [0.15, 0.2) is 18.2 Å². The fourth-order valence-corrected chi connectivity index (χ4v) is 3.13. The van der Waals surface area contributed by atoms with Crippen molar-refractivity contribution in [2.75, 3.05) is 19.0 Å². The van der Waals surface area contributed by atoms with E-state index in [0.29, 0.717) is 22.6 Å². The van der Waals surface area contributed by atoms with Gasteiger partial charge in [-0.05, 0) is 25.1 Å². The van der Waals surface area contributed by atoms with Crippen molar-refractivity contribution < 1.29 is 32.2 Å². The monoisotopic (exact) mass is 391 g/mol. The van der Waals surface area contributed by atoms with E-state index in [1.165, 1.54) is 0 Å². The van der Waals surface area contributed by atoms with Crippen molar-refractivity contribution >= 4 is 38.6 Å². The minimum atomic E-state index is -5.18. The Morgan fingerprint density at radius 2 is 2.00 bits per heavy atom. The standard InChI is InChI=1S/C15H16F3N3O4S/c1-4-25-9-5-6-10-11(7-9)26-13(19-10)21-14(12(23)24-3,15(16,17)18)20-8(2)22/h5-7H,4H2,1-3H3,(H,19,21)(H,20,22)/t14-/m0/s1. The topological polar surface area (TPSA) is 89.5 Å². The van der Waals surface area contributed by atoms with Gasteiger partial charge in [0.15, 0.2) is 5.13 Å². The SMILES string of the molecule is CCOc1ccc2nc(N[C@@](NC(C)=O)(C(=O)OC)C(F)(F)F)sc2c1. The number of fused-ring (bicyclic) bond motifs is 1. The number of carbonyl (C=O) groups excluding carboxylic acids is 2. The van der Waals surface area contributed by atoms with Gasteiger partial charge in [0.25, 0.3) is 0 Å². The fourth-order valence-electron chi connectivity index (χ4n) is 2.18. The zero-order valence-corrected chi connectivity index (χ0v) is 14.9. The normalized spacial score (nSPS) is 13.8. The van der Waals surface area contributed by atoms with E-state index in [4.69, 9.17) is 4.74 Å². The molecule has 0 saturated heterocycles. The zero-order chi connectivity index (χ0) is 19.5. The smallest absolute Gasteiger partial charge is 0.442 e. The molecule has 0 saturated carbocycles. The third-order valence-electron chi connectivity index (χ3n) is 3.25. The number of nitrogens with zero attached hydrogens (tertiary/aromatic N) is 1. The van der Waals surface area contributed by atoms with Gasteiger partial charge >= 0.3 is 17.8 Å². The molecular formula is C15H16F3N3O4S. The maximum Gasteiger partial charge on any atom is 0.442 e. The molecule has 0 aliphatic heterocycles. The molecule has 2 N–H and O–H groups in total. The molecule has 0 radical (unpaired) electrons. The number of rotatable bonds is 6. The number of thiazole rings is 1. The molecule has 0 aliphatic carbocycles. The second-order valence-corrected chi connectivity index (χ2v) is 6.16. The third kappa shape index (κ3) is 3.82. The van der Waals surface area contributed by atoms with E-state index in [9.17, 15) is 22.8 Å². The van der Waals surface area contributed by atoms with E-state index in [1.54, 1.807) is 30.4 Å². The van der Waals surface area contributed by atoms with Crippen molar-refractivity contribution in [1.29, 1.82) is 0 Å². The number of hydrogen-bond acceptors (Lipinski definition) is 7. The molecule has 0 spiro atoms. The number of hydrogen-bond donors (Lipinski definition) is 2. The van der Waals surface area contributed by atoms with Crippen LogP contribution in [-0.2, 0) is 14.3 Å². The van der Waals surface area contributed by atoms with Gasteiger partial charge in [0.2, 0.25) is 5.91 Å². The molecular weight excluding hydrogens is 375 g/mol. The minimum absolute atomic E-state index is 0.217. The van der Waals surface area contributed by atoms with Gasteiger partial charge in [-0.3, -0.25) is 4.79 Å². The van der Waals surface area contributed by atoms with Crippen LogP contribution in [0.25, 0.3) is 10.2 Å². The van der Waals surface area contributed by atoms with Crippen molar-refractivity contribution in [3.63, 3.8) is 0 Å². The average Bonchev–Trinajstić information content (AvgIpc) is 2.93. The van der Waals surface area contributed by atoms with E-state index in [-0.39, 0.29) is 5.13 Å². The van der Waals surface area contributed by atoms with Crippen LogP contribution in [0.5, 0.6) is 5.75 Å². The molecule has 0 unspecified atom stereocenters. The van der Waals surface area contributed by atoms with Crippen LogP contribution in [0.1, 0.15) is 13.8 Å². The summed E-state index contributed by atoms with van der Waals surface area (Å²) in [4.78, 5) is 27.3. The Morgan fingerprint density at radius 3 is 2.54 bits per heavy atom. The molecule has 1 heterocycles. The Labute approximate surface area is 150 Å². The summed E-state index contributed by atoms with van der Waals surface area (Å²) in [6, 6.07) is 4.82. The summed E-state index contributed by atoms with van der Waals surface area (Å²) < 4.78 is 51.1. The van der Waals surface area contributed by atoms with Crippen LogP contribution in [0.2, 0.25) is 0 Å². The molecule has 0 bridgehead atoms. The lowest BCUT2D eigenvalue weighted by atomic mass is 10.1. The van der Waals surface area contributed by atoms with E-state index in [2.05, 4.69) is 9.72 Å². The van der Waals surface area contributed by atoms with Gasteiger partial charge in [0.05, 0.1) is 23.9 Å². The summed E-state index contributed by atoms with van der Waals surface area (Å²) in [5, 5.41) is 3.37. The lowest BCUT2D eigenvalue weighted by Gasteiger charge is -2.33. The Bertz CT molecular complexity index is 824. The van der Waals surface area contributed by atoms with Crippen molar-refractivity contribution in [3.8, 4) is 5.75 Å². The Morgan fingerprint density at radius 1 is 1.31 bits per heavy atom. The van der Waals surface area contributed by atoms with Gasteiger partial charge in [-0.25, -0.2) is 9.78 Å². The molecule has 26 heavy (non-hydrogen) atoms. The first-order valence-corrected chi connectivity index (χ1v) is 8.20. The molecule has 1 aromatic carbocycles. The molecule has 7 nitrogen and oxygen atoms in total. The number of esters is 1. The molecule has 142 valence electrons. The Balaban J connectivity index is 2.48. The largest absolute Gasteiger partial charge is 0.494 e. The quantitative estimate of drug-likeness (QED) is 0.581. The Hall–Kier alpha value is -2.56. The second kappa shape index (κ2) is 7.36. The number of aromatic nitrogens is 1. The van der Waals surface area contributed by atoms with Crippen LogP contribution < -0.4 is 15.4 Å². The van der Waals surface area contributed by atoms with E-state index < -0.39 is 23.7 Å². The molecule has 0 aliphatic rings. The highest BCUT2D eigenvalue weighted by Crippen LogP contribution is 2.36. The maximum atomic E-state index is 13.7. The van der Waals surface area contributed by atoms with Crippen LogP contribution in [-0.4, -0.2) is 42.4 Å². The van der Waals surface area contributed by atoms with Gasteiger partial charge in [-0.1, -0.05) is 11.3 Å². The van der Waals surface area contributed by atoms with Crippen molar-refractivity contribution in [2.24, 2.45) is 0 Å². The number of halogens is 3. The van der Waals surface area contributed by atoms with Gasteiger partial charge in [0.1, 0.15) is 5.75 Å². The predicted octanol–water partition coefficient (Wildman–Crippen LogP) is 2.67. The molecule has 11 heteroatoms. The summed E-state index contributed by atoms with van der Waals surface area (Å²) in [6.45, 7) is 3.08. The summed E-state index contributed by atoms with van der Waals surface area (Å²) >= 11 is 0.874. The second-order valence-electron chi connectivity index (χ2n) is 5.13.